The van der Waals surface area contributed by atoms with Crippen molar-refractivity contribution in [2.75, 3.05) is 0 Å². The highest BCUT2D eigenvalue weighted by atomic mass is 31.2. The number of phosphoric acid groups is 1. The molecule has 6 aromatic carbocycles. The van der Waals surface area contributed by atoms with Gasteiger partial charge in [0, 0.05) is 17.5 Å². The summed E-state index contributed by atoms with van der Waals surface area (Å²) in [6.07, 6.45) is 0. The molecule has 0 aromatic heterocycles. The smallest absolute Gasteiger partial charge is 0.459 e. The molecule has 0 aliphatic heterocycles. The Bertz CT molecular complexity index is 2310. The first-order chi connectivity index (χ1) is 23.9. The van der Waals surface area contributed by atoms with Crippen LogP contribution in [-0.2, 0) is 4.57 Å². The fraction of sp³-hybridized carbons (Fsp3) is 0. The summed E-state index contributed by atoms with van der Waals surface area (Å²) in [6.45, 7) is 14.6. The lowest BCUT2D eigenvalue weighted by Gasteiger charge is -2.21. The predicted octanol–water partition coefficient (Wildman–Crippen LogP) is 10.9. The average molecular weight is 661 g/mol. The molecule has 49 heavy (non-hydrogen) atoms. The van der Waals surface area contributed by atoms with Crippen molar-refractivity contribution >= 4 is 30.0 Å². The maximum Gasteiger partial charge on any atom is 0.647 e. The Morgan fingerprint density at radius 1 is 0.531 bits per heavy atom. The summed E-state index contributed by atoms with van der Waals surface area (Å²) in [6, 6.07) is 38.3. The van der Waals surface area contributed by atoms with Crippen LogP contribution in [0.1, 0.15) is 11.1 Å². The number of ether oxygens (including phenoxy) is 2. The SMILES string of the molecule is [C-]#[N+]c1ccc(Oc2cccc(OP(=O)(Oc3cccc(Oc4ccc(C#N)c(C#N)c4)c3)Oc3cccc4ccccc34)c2)cc1[N+]#[C-]. The van der Waals surface area contributed by atoms with Gasteiger partial charge in [-0.2, -0.15) is 15.1 Å². The first-order valence-electron chi connectivity index (χ1n) is 14.4. The molecule has 11 heteroatoms. The standard InChI is InChI=1S/C38H21N4O6P/c1-41-36-19-18-32(23-37(36)42-2)45-30-11-7-13-34(22-30)47-49(43,48-38-15-5-9-26-8-3-4-14-35(26)38)46-33-12-6-10-29(21-33)44-31-17-16-27(24-39)28(20-31)25-40/h3-23H. The second-order valence-electron chi connectivity index (χ2n) is 10.2. The number of benzene rings is 6. The summed E-state index contributed by atoms with van der Waals surface area (Å²) in [5.74, 6) is 1.67. The Balaban J connectivity index is 1.31. The maximum atomic E-state index is 14.5. The molecule has 0 radical (unpaired) electrons. The molecule has 0 saturated heterocycles. The molecule has 10 nitrogen and oxygen atoms in total. The van der Waals surface area contributed by atoms with E-state index in [9.17, 15) is 15.1 Å². The van der Waals surface area contributed by atoms with Crippen LogP contribution in [-0.4, -0.2) is 0 Å². The zero-order chi connectivity index (χ0) is 34.2. The second kappa shape index (κ2) is 14.0. The fourth-order valence-electron chi connectivity index (χ4n) is 4.70. The molecule has 0 aliphatic carbocycles. The minimum absolute atomic E-state index is 0.0918. The van der Waals surface area contributed by atoms with Crippen LogP contribution in [0.2, 0.25) is 0 Å². The van der Waals surface area contributed by atoms with E-state index in [0.29, 0.717) is 28.4 Å². The lowest BCUT2D eigenvalue weighted by atomic mass is 10.1. The highest BCUT2D eigenvalue weighted by molar-refractivity contribution is 7.49. The lowest BCUT2D eigenvalue weighted by molar-refractivity contribution is 0.299. The molecule has 0 N–H and O–H groups in total. The molecule has 0 saturated carbocycles. The van der Waals surface area contributed by atoms with E-state index in [1.165, 1.54) is 36.4 Å². The van der Waals surface area contributed by atoms with Gasteiger partial charge in [-0.15, -0.1) is 0 Å². The highest BCUT2D eigenvalue weighted by Crippen LogP contribution is 2.52. The zero-order valence-electron chi connectivity index (χ0n) is 25.3. The minimum Gasteiger partial charge on any atom is -0.459 e. The largest absolute Gasteiger partial charge is 0.647 e. The van der Waals surface area contributed by atoms with Crippen LogP contribution in [0.15, 0.2) is 127 Å². The minimum atomic E-state index is -4.50. The maximum absolute atomic E-state index is 14.5. The molecule has 6 rings (SSSR count). The quantitative estimate of drug-likeness (QED) is 0.105. The van der Waals surface area contributed by atoms with E-state index in [1.54, 1.807) is 60.7 Å². The Morgan fingerprint density at radius 2 is 1.08 bits per heavy atom. The summed E-state index contributed by atoms with van der Waals surface area (Å²) in [5, 5.41) is 20.1. The van der Waals surface area contributed by atoms with Gasteiger partial charge in [0.2, 0.25) is 0 Å². The van der Waals surface area contributed by atoms with Crippen LogP contribution in [0.25, 0.3) is 20.5 Å². The second-order valence-corrected chi connectivity index (χ2v) is 11.6. The number of rotatable bonds is 10. The van der Waals surface area contributed by atoms with Gasteiger partial charge in [0.25, 0.3) is 0 Å². The van der Waals surface area contributed by atoms with Crippen LogP contribution in [0.5, 0.6) is 40.2 Å². The molecule has 0 amide bonds. The van der Waals surface area contributed by atoms with Gasteiger partial charge < -0.3 is 23.0 Å². The summed E-state index contributed by atoms with van der Waals surface area (Å²) in [4.78, 5) is 6.73. The predicted molar refractivity (Wildman–Crippen MR) is 181 cm³/mol. The third-order valence-electron chi connectivity index (χ3n) is 6.90. The number of hydrogen-bond acceptors (Lipinski definition) is 8. The van der Waals surface area contributed by atoms with Gasteiger partial charge in [-0.05, 0) is 66.0 Å². The molecule has 0 bridgehead atoms. The van der Waals surface area contributed by atoms with Crippen molar-refractivity contribution in [1.29, 1.82) is 10.5 Å². The Kier molecular flexibility index (Phi) is 9.09. The normalized spacial score (nSPS) is 11.4. The number of fused-ring (bicyclic) bond motifs is 1. The van der Waals surface area contributed by atoms with Gasteiger partial charge in [0.15, 0.2) is 11.4 Å². The number of nitrogens with zero attached hydrogens (tertiary/aromatic N) is 4. The van der Waals surface area contributed by atoms with Gasteiger partial charge >= 0.3 is 7.82 Å². The topological polar surface area (TPSA) is 120 Å². The van der Waals surface area contributed by atoms with Crippen LogP contribution in [0.3, 0.4) is 0 Å². The van der Waals surface area contributed by atoms with Crippen molar-refractivity contribution in [2.45, 2.75) is 0 Å². The van der Waals surface area contributed by atoms with Crippen molar-refractivity contribution < 1.29 is 27.6 Å². The van der Waals surface area contributed by atoms with E-state index in [4.69, 9.17) is 36.2 Å². The van der Waals surface area contributed by atoms with E-state index in [2.05, 4.69) is 9.69 Å². The van der Waals surface area contributed by atoms with Crippen molar-refractivity contribution in [3.63, 3.8) is 0 Å². The van der Waals surface area contributed by atoms with Crippen LogP contribution >= 0.6 is 7.82 Å². The van der Waals surface area contributed by atoms with E-state index >= 15 is 0 Å². The molecular formula is C38H21N4O6P. The molecule has 234 valence electrons. The lowest BCUT2D eigenvalue weighted by Crippen LogP contribution is -2.08. The average Bonchev–Trinajstić information content (AvgIpc) is 3.12. The summed E-state index contributed by atoms with van der Waals surface area (Å²) in [5.41, 5.74) is 0.738. The number of nitriles is 2. The molecule has 1 unspecified atom stereocenters. The van der Waals surface area contributed by atoms with Crippen molar-refractivity contribution in [3.8, 4) is 52.4 Å². The molecular weight excluding hydrogens is 639 g/mol. The summed E-state index contributed by atoms with van der Waals surface area (Å²) < 4.78 is 44.4. The number of phosphoric ester groups is 1. The van der Waals surface area contributed by atoms with Crippen LogP contribution < -0.4 is 23.0 Å². The molecule has 6 aromatic rings. The highest BCUT2D eigenvalue weighted by Gasteiger charge is 2.34. The van der Waals surface area contributed by atoms with E-state index in [0.717, 1.165) is 5.39 Å². The van der Waals surface area contributed by atoms with Crippen molar-refractivity contribution in [2.24, 2.45) is 0 Å². The van der Waals surface area contributed by atoms with Gasteiger partial charge in [0.05, 0.1) is 24.3 Å². The molecule has 0 aliphatic rings. The van der Waals surface area contributed by atoms with E-state index in [-0.39, 0.29) is 39.8 Å². The number of hydrogen-bond donors (Lipinski definition) is 0. The zero-order valence-corrected chi connectivity index (χ0v) is 26.2. The molecule has 1 atom stereocenters. The summed E-state index contributed by atoms with van der Waals surface area (Å²) in [7, 11) is -4.50. The van der Waals surface area contributed by atoms with Crippen molar-refractivity contribution in [3.05, 3.63) is 161 Å². The Hall–Kier alpha value is -7.23. The van der Waals surface area contributed by atoms with Crippen LogP contribution in [0, 0.1) is 35.8 Å². The Labute approximate surface area is 281 Å². The first kappa shape index (κ1) is 31.7. The van der Waals surface area contributed by atoms with Gasteiger partial charge in [0.1, 0.15) is 52.4 Å². The van der Waals surface area contributed by atoms with Gasteiger partial charge in [-0.1, -0.05) is 54.6 Å². The monoisotopic (exact) mass is 660 g/mol. The molecule has 0 spiro atoms. The molecule has 0 heterocycles. The molecule has 0 fully saturated rings. The first-order valence-corrected chi connectivity index (χ1v) is 15.9. The fourth-order valence-corrected chi connectivity index (χ4v) is 5.95. The van der Waals surface area contributed by atoms with Gasteiger partial charge in [-0.25, -0.2) is 4.85 Å². The van der Waals surface area contributed by atoms with Crippen LogP contribution in [0.4, 0.5) is 11.4 Å². The van der Waals surface area contributed by atoms with E-state index < -0.39 is 7.82 Å². The van der Waals surface area contributed by atoms with E-state index in [1.807, 2.05) is 42.5 Å². The van der Waals surface area contributed by atoms with Crippen molar-refractivity contribution in [1.82, 2.24) is 0 Å². The third kappa shape index (κ3) is 7.44. The van der Waals surface area contributed by atoms with Gasteiger partial charge in [-0.3, -0.25) is 4.85 Å². The Morgan fingerprint density at radius 3 is 1.73 bits per heavy atom. The summed E-state index contributed by atoms with van der Waals surface area (Å²) >= 11 is 0. The third-order valence-corrected chi connectivity index (χ3v) is 8.19.